The number of hydrogen-bond acceptors (Lipinski definition) is 10. The summed E-state index contributed by atoms with van der Waals surface area (Å²) < 4.78 is 10.8. The van der Waals surface area contributed by atoms with Crippen molar-refractivity contribution in [2.24, 2.45) is 23.7 Å². The van der Waals surface area contributed by atoms with Crippen LogP contribution in [-0.4, -0.2) is 63.1 Å². The Morgan fingerprint density at radius 2 is 1.92 bits per heavy atom. The number of hydrogen-bond donors (Lipinski definition) is 3. The zero-order valence-corrected chi connectivity index (χ0v) is 22.7. The molecule has 216 valence electrons. The molecule has 0 radical (unpaired) electrons. The molecule has 11 nitrogen and oxygen atoms in total. The Balaban J connectivity index is 1.96. The van der Waals surface area contributed by atoms with E-state index in [0.717, 1.165) is 5.57 Å². The van der Waals surface area contributed by atoms with Gasteiger partial charge in [-0.1, -0.05) is 52.3 Å². The predicted octanol–water partition coefficient (Wildman–Crippen LogP) is 3.23. The van der Waals surface area contributed by atoms with Crippen molar-refractivity contribution in [3.63, 3.8) is 0 Å². The van der Waals surface area contributed by atoms with Crippen molar-refractivity contribution in [2.75, 3.05) is 0 Å². The van der Waals surface area contributed by atoms with E-state index in [1.807, 2.05) is 19.9 Å². The lowest BCUT2D eigenvalue weighted by Gasteiger charge is -2.43. The first-order chi connectivity index (χ1) is 17.9. The van der Waals surface area contributed by atoms with Crippen molar-refractivity contribution in [1.29, 1.82) is 0 Å². The highest BCUT2D eigenvalue weighted by Gasteiger charge is 2.42. The number of fused-ring (bicyclic) bond motifs is 1. The number of aliphatic hydroxyl groups is 3. The van der Waals surface area contributed by atoms with Gasteiger partial charge in [-0.25, -0.2) is 0 Å². The molecule has 0 fully saturated rings. The largest absolute Gasteiger partial charge is 0.461 e. The van der Waals surface area contributed by atoms with E-state index in [9.17, 15) is 35.0 Å². The standard InChI is InChI=1S/C27H43NO10/c1-5-7-25(38-28(34)35)37-24(32)15-21(31)13-19(29)10-11-22-17(4)8-9-18-12-20(30)14-23(26(18)22)36-27(33)16(3)6-2/h8-9,12,16-17,19-23,25-26,29-31H,5-7,10-11,13-15H2,1-4H3/t16-,17-,19+,20+,21+,22-,23-,25?,26-/m0/s1. The molecule has 3 N–H and O–H groups in total. The minimum absolute atomic E-state index is 0.0410. The fraction of sp³-hybridized carbons (Fsp3) is 0.778. The van der Waals surface area contributed by atoms with E-state index in [2.05, 4.69) is 17.8 Å². The molecule has 0 amide bonds. The average Bonchev–Trinajstić information content (AvgIpc) is 2.82. The van der Waals surface area contributed by atoms with Crippen LogP contribution in [0, 0.1) is 33.8 Å². The number of esters is 2. The Kier molecular flexibility index (Phi) is 12.7. The van der Waals surface area contributed by atoms with Crippen LogP contribution in [-0.2, 0) is 23.9 Å². The van der Waals surface area contributed by atoms with Crippen LogP contribution in [0.25, 0.3) is 0 Å². The van der Waals surface area contributed by atoms with Gasteiger partial charge in [-0.3, -0.25) is 14.4 Å². The molecule has 0 aromatic rings. The Morgan fingerprint density at radius 3 is 2.55 bits per heavy atom. The molecule has 2 aliphatic carbocycles. The molecule has 1 unspecified atom stereocenters. The van der Waals surface area contributed by atoms with Crippen molar-refractivity contribution >= 4 is 11.9 Å². The summed E-state index contributed by atoms with van der Waals surface area (Å²) in [5.41, 5.74) is 0.921. The second-order valence-corrected chi connectivity index (χ2v) is 10.5. The minimum atomic E-state index is -1.33. The van der Waals surface area contributed by atoms with E-state index in [1.54, 1.807) is 13.0 Å². The van der Waals surface area contributed by atoms with Crippen LogP contribution in [0.2, 0.25) is 0 Å². The molecule has 2 aliphatic rings. The average molecular weight is 542 g/mol. The molecular weight excluding hydrogens is 498 g/mol. The van der Waals surface area contributed by atoms with E-state index < -0.39 is 48.2 Å². The number of carbonyl (C=O) groups is 2. The molecule has 38 heavy (non-hydrogen) atoms. The maximum Gasteiger partial charge on any atom is 0.310 e. The summed E-state index contributed by atoms with van der Waals surface area (Å²) in [5, 5.41) is 40.8. The van der Waals surface area contributed by atoms with E-state index in [-0.39, 0.29) is 42.5 Å². The van der Waals surface area contributed by atoms with Gasteiger partial charge in [0, 0.05) is 18.8 Å². The molecule has 11 heteroatoms. The lowest BCUT2D eigenvalue weighted by atomic mass is 9.66. The first-order valence-corrected chi connectivity index (χ1v) is 13.6. The maximum atomic E-state index is 12.6. The van der Waals surface area contributed by atoms with Crippen LogP contribution >= 0.6 is 0 Å². The van der Waals surface area contributed by atoms with E-state index in [4.69, 9.17) is 9.47 Å². The molecule has 9 atom stereocenters. The zero-order chi connectivity index (χ0) is 28.4. The zero-order valence-electron chi connectivity index (χ0n) is 22.7. The third kappa shape index (κ3) is 9.67. The highest BCUT2D eigenvalue weighted by molar-refractivity contribution is 5.72. The first-order valence-electron chi connectivity index (χ1n) is 13.6. The number of aliphatic hydroxyl groups excluding tert-OH is 3. The topological polar surface area (TPSA) is 166 Å². The third-order valence-electron chi connectivity index (χ3n) is 7.43. The maximum absolute atomic E-state index is 12.6. The fourth-order valence-corrected chi connectivity index (χ4v) is 5.17. The fourth-order valence-electron chi connectivity index (χ4n) is 5.17. The lowest BCUT2D eigenvalue weighted by Crippen LogP contribution is -2.43. The summed E-state index contributed by atoms with van der Waals surface area (Å²) in [5.74, 6) is -1.31. The van der Waals surface area contributed by atoms with E-state index in [1.165, 1.54) is 0 Å². The van der Waals surface area contributed by atoms with Crippen LogP contribution in [0.1, 0.15) is 79.1 Å². The molecule has 0 bridgehead atoms. The van der Waals surface area contributed by atoms with Crippen LogP contribution < -0.4 is 0 Å². The number of rotatable bonds is 15. The van der Waals surface area contributed by atoms with Gasteiger partial charge in [-0.15, -0.1) is 10.1 Å². The molecular formula is C27H43NO10. The molecule has 0 aromatic heterocycles. The predicted molar refractivity (Wildman–Crippen MR) is 137 cm³/mol. The summed E-state index contributed by atoms with van der Waals surface area (Å²) in [6.07, 6.45) is 3.25. The van der Waals surface area contributed by atoms with Crippen LogP contribution in [0.5, 0.6) is 0 Å². The van der Waals surface area contributed by atoms with Gasteiger partial charge in [-0.2, -0.15) is 0 Å². The van der Waals surface area contributed by atoms with E-state index in [0.29, 0.717) is 32.1 Å². The third-order valence-corrected chi connectivity index (χ3v) is 7.43. The molecule has 2 rings (SSSR count). The van der Waals surface area contributed by atoms with Crippen LogP contribution in [0.4, 0.5) is 0 Å². The normalized spacial score (nSPS) is 27.8. The Labute approximate surface area is 223 Å². The van der Waals surface area contributed by atoms with Crippen molar-refractivity contribution in [2.45, 2.75) is 110 Å². The van der Waals surface area contributed by atoms with Gasteiger partial charge in [0.15, 0.2) is 0 Å². The summed E-state index contributed by atoms with van der Waals surface area (Å²) in [7, 11) is 0. The number of ether oxygens (including phenoxy) is 2. The van der Waals surface area contributed by atoms with Crippen LogP contribution in [0.15, 0.2) is 23.8 Å². The summed E-state index contributed by atoms with van der Waals surface area (Å²) in [6.45, 7) is 7.55. The van der Waals surface area contributed by atoms with Crippen molar-refractivity contribution in [3.8, 4) is 0 Å². The van der Waals surface area contributed by atoms with Gasteiger partial charge in [-0.05, 0) is 43.1 Å². The van der Waals surface area contributed by atoms with E-state index >= 15 is 0 Å². The molecule has 0 heterocycles. The second kappa shape index (κ2) is 15.2. The lowest BCUT2D eigenvalue weighted by molar-refractivity contribution is -0.779. The second-order valence-electron chi connectivity index (χ2n) is 10.5. The number of allylic oxidation sites excluding steroid dienone is 2. The highest BCUT2D eigenvalue weighted by atomic mass is 17.0. The monoisotopic (exact) mass is 541 g/mol. The molecule has 0 saturated heterocycles. The summed E-state index contributed by atoms with van der Waals surface area (Å²) in [6, 6.07) is 0. The Hall–Kier alpha value is -2.50. The quantitative estimate of drug-likeness (QED) is 0.121. The molecule has 0 saturated carbocycles. The minimum Gasteiger partial charge on any atom is -0.461 e. The Morgan fingerprint density at radius 1 is 1.21 bits per heavy atom. The van der Waals surface area contributed by atoms with Gasteiger partial charge in [0.05, 0.1) is 30.7 Å². The SMILES string of the molecule is CCCC(OC(=O)C[C@H](O)C[C@H](O)CC[C@@H]1[C@@H]2C(=C[C@@H](O)C[C@@H]2OC(=O)[C@@H](C)CC)C=C[C@@H]1C)O[N+](=O)[O-]. The van der Waals surface area contributed by atoms with Gasteiger partial charge in [0.1, 0.15) is 6.10 Å². The van der Waals surface area contributed by atoms with Gasteiger partial charge in [0.25, 0.3) is 5.09 Å². The number of carbonyl (C=O) groups excluding carboxylic acids is 2. The van der Waals surface area contributed by atoms with Gasteiger partial charge < -0.3 is 24.8 Å². The van der Waals surface area contributed by atoms with Crippen molar-refractivity contribution < 1.29 is 44.3 Å². The Bertz CT molecular complexity index is 859. The summed E-state index contributed by atoms with van der Waals surface area (Å²) >= 11 is 0. The number of nitrogens with zero attached hydrogens (tertiary/aromatic N) is 1. The highest BCUT2D eigenvalue weighted by Crippen LogP contribution is 2.44. The van der Waals surface area contributed by atoms with Gasteiger partial charge in [0.2, 0.25) is 6.29 Å². The van der Waals surface area contributed by atoms with Crippen molar-refractivity contribution in [3.05, 3.63) is 33.9 Å². The molecule has 0 aromatic carbocycles. The van der Waals surface area contributed by atoms with Gasteiger partial charge >= 0.3 is 11.9 Å². The van der Waals surface area contributed by atoms with Crippen LogP contribution in [0.3, 0.4) is 0 Å². The summed E-state index contributed by atoms with van der Waals surface area (Å²) in [4.78, 5) is 39.5. The molecule has 0 aliphatic heterocycles. The van der Waals surface area contributed by atoms with Crippen molar-refractivity contribution in [1.82, 2.24) is 0 Å². The first kappa shape index (κ1) is 31.7. The molecule has 0 spiro atoms. The smallest absolute Gasteiger partial charge is 0.310 e.